The molecule has 3 heteroatoms. The zero-order valence-corrected chi connectivity index (χ0v) is 12.4. The van der Waals surface area contributed by atoms with Gasteiger partial charge in [0.15, 0.2) is 0 Å². The minimum Gasteiger partial charge on any atom is -0.310 e. The van der Waals surface area contributed by atoms with E-state index < -0.39 is 0 Å². The maximum absolute atomic E-state index is 6.00. The highest BCUT2D eigenvalue weighted by atomic mass is 35.5. The van der Waals surface area contributed by atoms with Crippen LogP contribution in [0.3, 0.4) is 0 Å². The van der Waals surface area contributed by atoms with Crippen LogP contribution in [0, 0.1) is 0 Å². The van der Waals surface area contributed by atoms with Gasteiger partial charge < -0.3 is 5.32 Å². The average Bonchev–Trinajstić information content (AvgIpc) is 2.41. The Hall–Kier alpha value is -1.02. The summed E-state index contributed by atoms with van der Waals surface area (Å²) in [5.74, 6) is 0. The summed E-state index contributed by atoms with van der Waals surface area (Å²) >= 11 is 11.9. The normalized spacial score (nSPS) is 12.4. The summed E-state index contributed by atoms with van der Waals surface area (Å²) in [5, 5.41) is 4.70. The summed E-state index contributed by atoms with van der Waals surface area (Å²) < 4.78 is 0. The lowest BCUT2D eigenvalue weighted by atomic mass is 10.1. The maximum atomic E-state index is 6.00. The van der Waals surface area contributed by atoms with Gasteiger partial charge in [-0.25, -0.2) is 0 Å². The Balaban J connectivity index is 1.86. The first-order valence-corrected chi connectivity index (χ1v) is 7.12. The van der Waals surface area contributed by atoms with E-state index in [1.807, 2.05) is 24.3 Å². The van der Waals surface area contributed by atoms with Crippen LogP contribution in [-0.4, -0.2) is 6.04 Å². The van der Waals surface area contributed by atoms with Gasteiger partial charge >= 0.3 is 0 Å². The van der Waals surface area contributed by atoms with E-state index >= 15 is 0 Å². The van der Waals surface area contributed by atoms with Gasteiger partial charge in [0.05, 0.1) is 10.0 Å². The minimum atomic E-state index is 0.414. The van der Waals surface area contributed by atoms with Gasteiger partial charge in [0.25, 0.3) is 0 Å². The summed E-state index contributed by atoms with van der Waals surface area (Å²) in [6, 6.07) is 16.6. The summed E-state index contributed by atoms with van der Waals surface area (Å²) in [6.45, 7) is 2.98. The van der Waals surface area contributed by atoms with E-state index in [0.29, 0.717) is 16.1 Å². The first-order chi connectivity index (χ1) is 9.15. The summed E-state index contributed by atoms with van der Waals surface area (Å²) in [7, 11) is 0. The van der Waals surface area contributed by atoms with Crippen LogP contribution in [0.25, 0.3) is 0 Å². The SMILES string of the molecule is CC(Cc1ccccc1)NCc1ccc(Cl)c(Cl)c1. The van der Waals surface area contributed by atoms with Crippen LogP contribution in [-0.2, 0) is 13.0 Å². The van der Waals surface area contributed by atoms with Gasteiger partial charge in [-0.2, -0.15) is 0 Å². The van der Waals surface area contributed by atoms with Crippen molar-refractivity contribution in [2.75, 3.05) is 0 Å². The van der Waals surface area contributed by atoms with Crippen molar-refractivity contribution in [3.63, 3.8) is 0 Å². The molecule has 19 heavy (non-hydrogen) atoms. The number of hydrogen-bond acceptors (Lipinski definition) is 1. The standard InChI is InChI=1S/C16H17Cl2N/c1-12(9-13-5-3-2-4-6-13)19-11-14-7-8-15(17)16(18)10-14/h2-8,10,12,19H,9,11H2,1H3. The Morgan fingerprint density at radius 2 is 1.68 bits per heavy atom. The third-order valence-electron chi connectivity index (χ3n) is 3.02. The molecule has 1 N–H and O–H groups in total. The molecule has 0 aliphatic heterocycles. The van der Waals surface area contributed by atoms with Crippen molar-refractivity contribution in [2.45, 2.75) is 25.9 Å². The molecule has 0 aromatic heterocycles. The quantitative estimate of drug-likeness (QED) is 0.841. The smallest absolute Gasteiger partial charge is 0.0595 e. The lowest BCUT2D eigenvalue weighted by molar-refractivity contribution is 0.545. The first-order valence-electron chi connectivity index (χ1n) is 6.36. The van der Waals surface area contributed by atoms with Crippen LogP contribution in [0.5, 0.6) is 0 Å². The molecule has 0 aliphatic rings. The molecule has 1 nitrogen and oxygen atoms in total. The van der Waals surface area contributed by atoms with Crippen molar-refractivity contribution in [1.29, 1.82) is 0 Å². The fraction of sp³-hybridized carbons (Fsp3) is 0.250. The van der Waals surface area contributed by atoms with Crippen LogP contribution in [0.4, 0.5) is 0 Å². The second kappa shape index (κ2) is 6.95. The lowest BCUT2D eigenvalue weighted by Crippen LogP contribution is -2.27. The topological polar surface area (TPSA) is 12.0 Å². The van der Waals surface area contributed by atoms with Gasteiger partial charge in [-0.05, 0) is 36.6 Å². The van der Waals surface area contributed by atoms with Crippen molar-refractivity contribution in [3.05, 3.63) is 69.7 Å². The highest BCUT2D eigenvalue weighted by molar-refractivity contribution is 6.42. The third-order valence-corrected chi connectivity index (χ3v) is 3.76. The van der Waals surface area contributed by atoms with Crippen molar-refractivity contribution in [3.8, 4) is 0 Å². The molecule has 2 aromatic carbocycles. The Morgan fingerprint density at radius 1 is 0.947 bits per heavy atom. The van der Waals surface area contributed by atoms with E-state index in [1.165, 1.54) is 5.56 Å². The molecule has 0 spiro atoms. The minimum absolute atomic E-state index is 0.414. The fourth-order valence-corrected chi connectivity index (χ4v) is 2.30. The Labute approximate surface area is 124 Å². The van der Waals surface area contributed by atoms with Gasteiger partial charge in [-0.15, -0.1) is 0 Å². The molecule has 1 atom stereocenters. The van der Waals surface area contributed by atoms with Crippen LogP contribution in [0.1, 0.15) is 18.1 Å². The number of hydrogen-bond donors (Lipinski definition) is 1. The highest BCUT2D eigenvalue weighted by Crippen LogP contribution is 2.22. The van der Waals surface area contributed by atoms with Gasteiger partial charge in [0.2, 0.25) is 0 Å². The van der Waals surface area contributed by atoms with Crippen LogP contribution < -0.4 is 5.32 Å². The predicted octanol–water partition coefficient (Wildman–Crippen LogP) is 4.71. The zero-order chi connectivity index (χ0) is 13.7. The Morgan fingerprint density at radius 3 is 2.37 bits per heavy atom. The second-order valence-corrected chi connectivity index (χ2v) is 5.53. The number of halogens is 2. The lowest BCUT2D eigenvalue weighted by Gasteiger charge is -2.14. The van der Waals surface area contributed by atoms with Gasteiger partial charge in [0, 0.05) is 12.6 Å². The third kappa shape index (κ3) is 4.54. The molecular formula is C16H17Cl2N. The monoisotopic (exact) mass is 293 g/mol. The van der Waals surface area contributed by atoms with Crippen LogP contribution in [0.15, 0.2) is 48.5 Å². The van der Waals surface area contributed by atoms with E-state index in [1.54, 1.807) is 0 Å². The van der Waals surface area contributed by atoms with Gasteiger partial charge in [-0.3, -0.25) is 0 Å². The van der Waals surface area contributed by atoms with E-state index in [0.717, 1.165) is 18.5 Å². The molecule has 2 aromatic rings. The molecule has 100 valence electrons. The van der Waals surface area contributed by atoms with Crippen LogP contribution in [0.2, 0.25) is 10.0 Å². The summed E-state index contributed by atoms with van der Waals surface area (Å²) in [6.07, 6.45) is 1.02. The van der Waals surface area contributed by atoms with E-state index in [9.17, 15) is 0 Å². The average molecular weight is 294 g/mol. The molecule has 1 unspecified atom stereocenters. The second-order valence-electron chi connectivity index (χ2n) is 4.72. The number of rotatable bonds is 5. The van der Waals surface area contributed by atoms with Crippen molar-refractivity contribution in [1.82, 2.24) is 5.32 Å². The molecular weight excluding hydrogens is 277 g/mol. The van der Waals surface area contributed by atoms with Crippen LogP contribution >= 0.6 is 23.2 Å². The Bertz CT molecular complexity index is 526. The highest BCUT2D eigenvalue weighted by Gasteiger charge is 2.04. The maximum Gasteiger partial charge on any atom is 0.0595 e. The summed E-state index contributed by atoms with van der Waals surface area (Å²) in [5.41, 5.74) is 2.49. The molecule has 0 aliphatic carbocycles. The number of nitrogens with one attached hydrogen (secondary N) is 1. The fourth-order valence-electron chi connectivity index (χ4n) is 1.98. The molecule has 0 saturated carbocycles. The molecule has 2 rings (SSSR count). The summed E-state index contributed by atoms with van der Waals surface area (Å²) in [4.78, 5) is 0. The molecule has 0 bridgehead atoms. The van der Waals surface area contributed by atoms with Crippen molar-refractivity contribution >= 4 is 23.2 Å². The number of benzene rings is 2. The molecule has 0 amide bonds. The molecule has 0 fully saturated rings. The van der Waals surface area contributed by atoms with E-state index in [4.69, 9.17) is 23.2 Å². The van der Waals surface area contributed by atoms with Gasteiger partial charge in [-0.1, -0.05) is 59.6 Å². The molecule has 0 radical (unpaired) electrons. The van der Waals surface area contributed by atoms with Crippen molar-refractivity contribution in [2.24, 2.45) is 0 Å². The largest absolute Gasteiger partial charge is 0.310 e. The molecule has 0 saturated heterocycles. The zero-order valence-electron chi connectivity index (χ0n) is 10.9. The first kappa shape index (κ1) is 14.4. The van der Waals surface area contributed by atoms with E-state index in [-0.39, 0.29) is 0 Å². The van der Waals surface area contributed by atoms with Gasteiger partial charge in [0.1, 0.15) is 0 Å². The predicted molar refractivity (Wildman–Crippen MR) is 82.9 cm³/mol. The van der Waals surface area contributed by atoms with E-state index in [2.05, 4.69) is 36.5 Å². The molecule has 0 heterocycles. The Kier molecular flexibility index (Phi) is 5.26. The van der Waals surface area contributed by atoms with Crippen molar-refractivity contribution < 1.29 is 0 Å².